The fraction of sp³-hybridized carbons (Fsp3) is 0.167. The molecule has 0 radical (unpaired) electrons. The number of ether oxygens (including phenoxy) is 1. The van der Waals surface area contributed by atoms with Gasteiger partial charge in [0.15, 0.2) is 11.7 Å². The molecule has 0 saturated heterocycles. The van der Waals surface area contributed by atoms with Crippen LogP contribution in [0.2, 0.25) is 0 Å². The molecule has 2 rings (SSSR count). The van der Waals surface area contributed by atoms with E-state index in [1.54, 1.807) is 25.1 Å². The molecule has 3 N–H and O–H groups in total. The SMILES string of the molecule is Cc1ccc(/C=C/C(=O)NC(=S)NNC(=O)COc2ccc(Br)cc2C)o1. The number of furan rings is 1. The number of hydrogen-bond donors (Lipinski definition) is 3. The number of benzene rings is 1. The maximum Gasteiger partial charge on any atom is 0.276 e. The summed E-state index contributed by atoms with van der Waals surface area (Å²) in [5.74, 6) is 0.987. The summed E-state index contributed by atoms with van der Waals surface area (Å²) in [4.78, 5) is 23.5. The molecule has 9 heteroatoms. The van der Waals surface area contributed by atoms with Crippen LogP contribution in [-0.4, -0.2) is 23.5 Å². The largest absolute Gasteiger partial charge is 0.483 e. The number of halogens is 1. The minimum absolute atomic E-state index is 0.0477. The molecule has 0 aliphatic rings. The molecule has 7 nitrogen and oxygen atoms in total. The monoisotopic (exact) mass is 451 g/mol. The number of amides is 2. The van der Waals surface area contributed by atoms with Gasteiger partial charge in [0.1, 0.15) is 17.3 Å². The summed E-state index contributed by atoms with van der Waals surface area (Å²) in [6, 6.07) is 8.99. The van der Waals surface area contributed by atoms with Gasteiger partial charge in [-0.15, -0.1) is 0 Å². The average Bonchev–Trinajstić information content (AvgIpc) is 3.03. The highest BCUT2D eigenvalue weighted by Gasteiger charge is 2.07. The molecule has 1 heterocycles. The molecule has 0 unspecified atom stereocenters. The van der Waals surface area contributed by atoms with E-state index in [0.29, 0.717) is 11.5 Å². The van der Waals surface area contributed by atoms with Crippen LogP contribution in [0.5, 0.6) is 5.75 Å². The van der Waals surface area contributed by atoms with Crippen molar-refractivity contribution in [3.63, 3.8) is 0 Å². The smallest absolute Gasteiger partial charge is 0.276 e. The van der Waals surface area contributed by atoms with Crippen molar-refractivity contribution in [2.45, 2.75) is 13.8 Å². The lowest BCUT2D eigenvalue weighted by molar-refractivity contribution is -0.123. The Morgan fingerprint density at radius 2 is 2.00 bits per heavy atom. The molecule has 0 aliphatic carbocycles. The third-order valence-electron chi connectivity index (χ3n) is 3.21. The van der Waals surface area contributed by atoms with Gasteiger partial charge >= 0.3 is 0 Å². The van der Waals surface area contributed by atoms with Crippen LogP contribution in [-0.2, 0) is 9.59 Å². The van der Waals surface area contributed by atoms with Gasteiger partial charge in [-0.25, -0.2) is 0 Å². The van der Waals surface area contributed by atoms with E-state index in [9.17, 15) is 9.59 Å². The topological polar surface area (TPSA) is 92.6 Å². The molecule has 1 aromatic heterocycles. The summed E-state index contributed by atoms with van der Waals surface area (Å²) < 4.78 is 11.7. The van der Waals surface area contributed by atoms with E-state index in [2.05, 4.69) is 32.1 Å². The molecule has 2 amide bonds. The molecule has 0 fully saturated rings. The molecule has 0 spiro atoms. The van der Waals surface area contributed by atoms with E-state index in [0.717, 1.165) is 15.8 Å². The molecule has 0 atom stereocenters. The molecule has 27 heavy (non-hydrogen) atoms. The van der Waals surface area contributed by atoms with Crippen LogP contribution in [0.25, 0.3) is 6.08 Å². The van der Waals surface area contributed by atoms with Crippen molar-refractivity contribution in [2.75, 3.05) is 6.61 Å². The van der Waals surface area contributed by atoms with Crippen LogP contribution in [0, 0.1) is 13.8 Å². The highest BCUT2D eigenvalue weighted by Crippen LogP contribution is 2.21. The van der Waals surface area contributed by atoms with E-state index in [1.807, 2.05) is 19.1 Å². The first-order chi connectivity index (χ1) is 12.8. The Bertz CT molecular complexity index is 879. The third kappa shape index (κ3) is 7.24. The van der Waals surface area contributed by atoms with E-state index in [-0.39, 0.29) is 11.7 Å². The highest BCUT2D eigenvalue weighted by molar-refractivity contribution is 9.10. The molecule has 2 aromatic rings. The van der Waals surface area contributed by atoms with Crippen molar-refractivity contribution < 1.29 is 18.7 Å². The lowest BCUT2D eigenvalue weighted by Gasteiger charge is -2.11. The number of carbonyl (C=O) groups excluding carboxylic acids is 2. The minimum Gasteiger partial charge on any atom is -0.483 e. The first-order valence-electron chi connectivity index (χ1n) is 7.87. The van der Waals surface area contributed by atoms with E-state index in [1.165, 1.54) is 12.2 Å². The Morgan fingerprint density at radius 1 is 1.22 bits per heavy atom. The predicted molar refractivity (Wildman–Crippen MR) is 109 cm³/mol. The molecule has 0 bridgehead atoms. The molecule has 0 aliphatic heterocycles. The van der Waals surface area contributed by atoms with Crippen LogP contribution in [0.4, 0.5) is 0 Å². The summed E-state index contributed by atoms with van der Waals surface area (Å²) in [6.45, 7) is 3.48. The summed E-state index contributed by atoms with van der Waals surface area (Å²) in [5, 5.41) is 2.35. The van der Waals surface area contributed by atoms with Crippen molar-refractivity contribution in [3.8, 4) is 5.75 Å². The van der Waals surface area contributed by atoms with E-state index in [4.69, 9.17) is 21.4 Å². The van der Waals surface area contributed by atoms with Crippen LogP contribution < -0.4 is 20.9 Å². The number of aryl methyl sites for hydroxylation is 2. The molecule has 1 aromatic carbocycles. The minimum atomic E-state index is -0.461. The van der Waals surface area contributed by atoms with Gasteiger partial charge < -0.3 is 9.15 Å². The van der Waals surface area contributed by atoms with E-state index < -0.39 is 11.8 Å². The Morgan fingerprint density at radius 3 is 2.67 bits per heavy atom. The molecule has 0 saturated carbocycles. The van der Waals surface area contributed by atoms with Crippen molar-refractivity contribution in [1.29, 1.82) is 0 Å². The second-order valence-electron chi connectivity index (χ2n) is 5.47. The second-order valence-corrected chi connectivity index (χ2v) is 6.80. The normalized spacial score (nSPS) is 10.5. The van der Waals surface area contributed by atoms with Crippen molar-refractivity contribution in [2.24, 2.45) is 0 Å². The first-order valence-corrected chi connectivity index (χ1v) is 9.07. The zero-order valence-electron chi connectivity index (χ0n) is 14.7. The Kier molecular flexibility index (Phi) is 7.56. The third-order valence-corrected chi connectivity index (χ3v) is 3.91. The zero-order valence-corrected chi connectivity index (χ0v) is 17.1. The van der Waals surface area contributed by atoms with Gasteiger partial charge in [-0.05, 0) is 68.0 Å². The lowest BCUT2D eigenvalue weighted by atomic mass is 10.2. The lowest BCUT2D eigenvalue weighted by Crippen LogP contribution is -2.49. The second kappa shape index (κ2) is 9.89. The molecular weight excluding hydrogens is 434 g/mol. The van der Waals surface area contributed by atoms with Crippen LogP contribution in [0.15, 0.2) is 45.3 Å². The number of nitrogens with one attached hydrogen (secondary N) is 3. The Labute approximate surface area is 170 Å². The molecular formula is C18H18BrN3O4S. The Hall–Kier alpha value is -2.65. The van der Waals surface area contributed by atoms with Gasteiger partial charge in [0.2, 0.25) is 5.91 Å². The standard InChI is InChI=1S/C18H18BrN3O4S/c1-11-9-13(19)4-7-15(11)25-10-17(24)21-22-18(27)20-16(23)8-6-14-5-3-12(2)26-14/h3-9H,10H2,1-2H3,(H,21,24)(H2,20,22,23,27)/b8-6+. The summed E-state index contributed by atoms with van der Waals surface area (Å²) in [5.41, 5.74) is 5.67. The van der Waals surface area contributed by atoms with Crippen molar-refractivity contribution in [3.05, 3.63) is 58.0 Å². The fourth-order valence-corrected chi connectivity index (χ4v) is 2.59. The maximum absolute atomic E-state index is 11.8. The van der Waals surface area contributed by atoms with Gasteiger partial charge in [-0.3, -0.25) is 25.8 Å². The van der Waals surface area contributed by atoms with Gasteiger partial charge in [0.05, 0.1) is 0 Å². The number of hydrazine groups is 1. The predicted octanol–water partition coefficient (Wildman–Crippen LogP) is 2.77. The summed E-state index contributed by atoms with van der Waals surface area (Å²) in [6.07, 6.45) is 2.78. The molecule has 142 valence electrons. The van der Waals surface area contributed by atoms with Gasteiger partial charge in [0, 0.05) is 10.5 Å². The summed E-state index contributed by atoms with van der Waals surface area (Å²) in [7, 11) is 0. The van der Waals surface area contributed by atoms with Gasteiger partial charge in [-0.1, -0.05) is 15.9 Å². The van der Waals surface area contributed by atoms with E-state index >= 15 is 0 Å². The van der Waals surface area contributed by atoms with Crippen LogP contribution >= 0.6 is 28.1 Å². The van der Waals surface area contributed by atoms with Crippen molar-refractivity contribution >= 4 is 51.2 Å². The van der Waals surface area contributed by atoms with Crippen LogP contribution in [0.1, 0.15) is 17.1 Å². The summed E-state index contributed by atoms with van der Waals surface area (Å²) >= 11 is 8.29. The number of rotatable bonds is 5. The average molecular weight is 452 g/mol. The first kappa shape index (κ1) is 20.7. The number of thiocarbonyl (C=S) groups is 1. The number of hydrogen-bond acceptors (Lipinski definition) is 5. The quantitative estimate of drug-likeness (QED) is 0.367. The number of carbonyl (C=O) groups is 2. The van der Waals surface area contributed by atoms with Crippen molar-refractivity contribution in [1.82, 2.24) is 16.2 Å². The van der Waals surface area contributed by atoms with Gasteiger partial charge in [0.25, 0.3) is 5.91 Å². The fourth-order valence-electron chi connectivity index (χ4n) is 1.97. The van der Waals surface area contributed by atoms with Crippen LogP contribution in [0.3, 0.4) is 0 Å². The zero-order chi connectivity index (χ0) is 19.8. The maximum atomic E-state index is 11.8. The highest BCUT2D eigenvalue weighted by atomic mass is 79.9. The Balaban J connectivity index is 1.70. The van der Waals surface area contributed by atoms with Gasteiger partial charge in [-0.2, -0.15) is 0 Å².